The van der Waals surface area contributed by atoms with Crippen molar-refractivity contribution in [3.8, 4) is 0 Å². The number of rotatable bonds is 9. The van der Waals surface area contributed by atoms with Crippen LogP contribution in [0.3, 0.4) is 0 Å². The van der Waals surface area contributed by atoms with Gasteiger partial charge in [0.05, 0.1) is 0 Å². The Balaban J connectivity index is 1.78. The highest BCUT2D eigenvalue weighted by atomic mass is 19.2. The first kappa shape index (κ1) is 41.0. The van der Waals surface area contributed by atoms with Gasteiger partial charge in [0.2, 0.25) is 17.5 Å². The number of hydrogen-bond donors (Lipinski definition) is 0. The van der Waals surface area contributed by atoms with Gasteiger partial charge in [-0.1, -0.05) is 0 Å². The number of halogens is 15. The SMILES string of the molecule is Cc1c(COC(=O)c2c(F)c(F)c(F)c(F)c2F)c(C)c(COC(=O)c2c(F)c(F)c(F)c(F)c2F)c(C)c1COC(=O)c1c(F)c(F)c(F)c(F)c1F. The van der Waals surface area contributed by atoms with Gasteiger partial charge in [0.15, 0.2) is 69.8 Å². The van der Waals surface area contributed by atoms with E-state index in [1.807, 2.05) is 0 Å². The van der Waals surface area contributed by atoms with Crippen LogP contribution in [0.1, 0.15) is 64.5 Å². The molecule has 0 atom stereocenters. The predicted molar refractivity (Wildman–Crippen MR) is 147 cm³/mol. The average molecular weight is 792 g/mol. The van der Waals surface area contributed by atoms with Gasteiger partial charge in [-0.3, -0.25) is 0 Å². The number of ether oxygens (including phenoxy) is 3. The van der Waals surface area contributed by atoms with E-state index in [4.69, 9.17) is 14.2 Å². The van der Waals surface area contributed by atoms with E-state index in [9.17, 15) is 80.2 Å². The van der Waals surface area contributed by atoms with E-state index in [2.05, 4.69) is 0 Å². The van der Waals surface area contributed by atoms with Crippen LogP contribution in [0.4, 0.5) is 65.9 Å². The normalized spacial score (nSPS) is 11.2. The van der Waals surface area contributed by atoms with Gasteiger partial charge in [0, 0.05) is 0 Å². The van der Waals surface area contributed by atoms with Crippen LogP contribution in [-0.4, -0.2) is 17.9 Å². The summed E-state index contributed by atoms with van der Waals surface area (Å²) in [7, 11) is 0. The molecule has 54 heavy (non-hydrogen) atoms. The van der Waals surface area contributed by atoms with Crippen molar-refractivity contribution in [2.24, 2.45) is 0 Å². The van der Waals surface area contributed by atoms with E-state index in [-0.39, 0.29) is 33.4 Å². The lowest BCUT2D eigenvalue weighted by atomic mass is 9.89. The Morgan fingerprint density at radius 1 is 0.315 bits per heavy atom. The van der Waals surface area contributed by atoms with Gasteiger partial charge in [-0.05, 0) is 54.2 Å². The van der Waals surface area contributed by atoms with Crippen molar-refractivity contribution in [1.82, 2.24) is 0 Å². The van der Waals surface area contributed by atoms with E-state index in [1.54, 1.807) is 0 Å². The quantitative estimate of drug-likeness (QED) is 0.0555. The Morgan fingerprint density at radius 2 is 0.463 bits per heavy atom. The summed E-state index contributed by atoms with van der Waals surface area (Å²) in [5.41, 5.74) is -7.75. The maximum Gasteiger partial charge on any atom is 0.344 e. The van der Waals surface area contributed by atoms with Crippen molar-refractivity contribution in [3.63, 3.8) is 0 Å². The molecule has 0 aromatic heterocycles. The zero-order valence-electron chi connectivity index (χ0n) is 26.7. The lowest BCUT2D eigenvalue weighted by molar-refractivity contribution is 0.0455. The summed E-state index contributed by atoms with van der Waals surface area (Å²) in [4.78, 5) is 37.6. The largest absolute Gasteiger partial charge is 0.457 e. The highest BCUT2D eigenvalue weighted by Crippen LogP contribution is 2.32. The van der Waals surface area contributed by atoms with E-state index < -0.39 is 142 Å². The molecule has 0 aliphatic rings. The molecular weight excluding hydrogens is 777 g/mol. The second-order valence-electron chi connectivity index (χ2n) is 10.9. The highest BCUT2D eigenvalue weighted by Gasteiger charge is 2.34. The van der Waals surface area contributed by atoms with Crippen LogP contribution in [0, 0.1) is 108 Å². The molecule has 0 aliphatic heterocycles. The van der Waals surface area contributed by atoms with Gasteiger partial charge < -0.3 is 14.2 Å². The van der Waals surface area contributed by atoms with Crippen molar-refractivity contribution >= 4 is 17.9 Å². The summed E-state index contributed by atoms with van der Waals surface area (Å²) in [6.45, 7) is -0.205. The molecule has 0 saturated carbocycles. The van der Waals surface area contributed by atoms with Gasteiger partial charge in [0.25, 0.3) is 0 Å². The summed E-state index contributed by atoms with van der Waals surface area (Å²) in [5.74, 6) is -45.1. The van der Waals surface area contributed by atoms with Crippen molar-refractivity contribution in [2.45, 2.75) is 40.6 Å². The van der Waals surface area contributed by atoms with Gasteiger partial charge in [-0.15, -0.1) is 0 Å². The minimum absolute atomic E-state index is 0.185. The number of benzene rings is 4. The molecule has 4 rings (SSSR count). The lowest BCUT2D eigenvalue weighted by Crippen LogP contribution is -2.19. The maximum absolute atomic E-state index is 14.2. The summed E-state index contributed by atoms with van der Waals surface area (Å²) < 4.78 is 222. The zero-order chi connectivity index (χ0) is 40.8. The summed E-state index contributed by atoms with van der Waals surface area (Å²) in [5, 5.41) is 0. The number of hydrogen-bond acceptors (Lipinski definition) is 6. The molecule has 4 aromatic rings. The standard InChI is InChI=1S/C33H15F15O6/c1-7-10(4-52-31(49)13-16(34)22(40)28(46)23(41)17(13)35)8(2)12(6-54-33(51)15-20(38)26(44)30(48)27(45)21(15)39)9(3)11(7)5-53-32(50)14-18(36)24(42)29(47)25(43)19(14)37/h4-6H2,1-3H3. The van der Waals surface area contributed by atoms with Crippen molar-refractivity contribution in [1.29, 1.82) is 0 Å². The fourth-order valence-corrected chi connectivity index (χ4v) is 5.02. The number of carbonyl (C=O) groups is 3. The first-order chi connectivity index (χ1) is 25.1. The molecule has 0 amide bonds. The Kier molecular flexibility index (Phi) is 11.6. The van der Waals surface area contributed by atoms with Gasteiger partial charge in [-0.2, -0.15) is 0 Å². The fourth-order valence-electron chi connectivity index (χ4n) is 5.02. The smallest absolute Gasteiger partial charge is 0.344 e. The average Bonchev–Trinajstić information content (AvgIpc) is 3.12. The minimum Gasteiger partial charge on any atom is -0.457 e. The van der Waals surface area contributed by atoms with Crippen LogP contribution in [0.2, 0.25) is 0 Å². The molecule has 0 aliphatic carbocycles. The van der Waals surface area contributed by atoms with Crippen LogP contribution >= 0.6 is 0 Å². The van der Waals surface area contributed by atoms with E-state index >= 15 is 0 Å². The molecule has 0 spiro atoms. The summed E-state index contributed by atoms with van der Waals surface area (Å²) in [6.07, 6.45) is 0. The third kappa shape index (κ3) is 6.89. The predicted octanol–water partition coefficient (Wildman–Crippen LogP) is 8.77. The molecule has 0 radical (unpaired) electrons. The first-order valence-electron chi connectivity index (χ1n) is 14.2. The van der Waals surface area contributed by atoms with Crippen molar-refractivity contribution in [3.05, 3.63) is 137 Å². The fraction of sp³-hybridized carbons (Fsp3) is 0.182. The molecular formula is C33H15F15O6. The third-order valence-corrected chi connectivity index (χ3v) is 8.00. The van der Waals surface area contributed by atoms with Crippen LogP contribution in [-0.2, 0) is 34.0 Å². The van der Waals surface area contributed by atoms with Crippen LogP contribution in [0.15, 0.2) is 0 Å². The molecule has 0 unspecified atom stereocenters. The Hall–Kier alpha value is -5.76. The topological polar surface area (TPSA) is 78.9 Å². The van der Waals surface area contributed by atoms with Crippen LogP contribution < -0.4 is 0 Å². The molecule has 0 heterocycles. The third-order valence-electron chi connectivity index (χ3n) is 8.00. The van der Waals surface area contributed by atoms with E-state index in [0.29, 0.717) is 0 Å². The van der Waals surface area contributed by atoms with E-state index in [1.165, 1.54) is 0 Å². The second-order valence-corrected chi connectivity index (χ2v) is 10.9. The molecule has 288 valence electrons. The maximum atomic E-state index is 14.2. The molecule has 0 fully saturated rings. The minimum atomic E-state index is -2.62. The molecule has 21 heteroatoms. The molecule has 4 aromatic carbocycles. The van der Waals surface area contributed by atoms with Gasteiger partial charge >= 0.3 is 17.9 Å². The number of esters is 3. The van der Waals surface area contributed by atoms with Crippen LogP contribution in [0.5, 0.6) is 0 Å². The van der Waals surface area contributed by atoms with E-state index in [0.717, 1.165) is 20.8 Å². The Bertz CT molecular complexity index is 1930. The number of carbonyl (C=O) groups excluding carboxylic acids is 3. The molecule has 0 N–H and O–H groups in total. The summed E-state index contributed by atoms with van der Waals surface area (Å²) in [6, 6.07) is 0. The van der Waals surface area contributed by atoms with Gasteiger partial charge in [0.1, 0.15) is 36.5 Å². The molecule has 0 bridgehead atoms. The Morgan fingerprint density at radius 3 is 0.630 bits per heavy atom. The van der Waals surface area contributed by atoms with Crippen molar-refractivity contribution < 1.29 is 94.5 Å². The second kappa shape index (κ2) is 15.3. The molecule has 6 nitrogen and oxygen atoms in total. The molecule has 0 saturated heterocycles. The monoisotopic (exact) mass is 792 g/mol. The van der Waals surface area contributed by atoms with Gasteiger partial charge in [-0.25, -0.2) is 80.2 Å². The zero-order valence-corrected chi connectivity index (χ0v) is 26.7. The Labute approximate surface area is 290 Å². The van der Waals surface area contributed by atoms with Crippen LogP contribution in [0.25, 0.3) is 0 Å². The highest BCUT2D eigenvalue weighted by molar-refractivity contribution is 5.91. The first-order valence-corrected chi connectivity index (χ1v) is 14.2. The lowest BCUT2D eigenvalue weighted by Gasteiger charge is -2.22. The van der Waals surface area contributed by atoms with Crippen molar-refractivity contribution in [2.75, 3.05) is 0 Å². The summed E-state index contributed by atoms with van der Waals surface area (Å²) >= 11 is 0.